The number of aromatic amines is 1. The van der Waals surface area contributed by atoms with Crippen molar-refractivity contribution in [2.75, 3.05) is 11.1 Å². The van der Waals surface area contributed by atoms with Crippen LogP contribution in [0.25, 0.3) is 22.4 Å². The lowest BCUT2D eigenvalue weighted by molar-refractivity contribution is -0.115. The minimum absolute atomic E-state index is 0.112. The number of thiophene rings is 1. The van der Waals surface area contributed by atoms with Crippen molar-refractivity contribution in [1.82, 2.24) is 15.2 Å². The fraction of sp³-hybridized carbons (Fsp3) is 0.273. The number of aromatic nitrogens is 3. The van der Waals surface area contributed by atoms with Gasteiger partial charge in [0.2, 0.25) is 5.91 Å². The van der Waals surface area contributed by atoms with Crippen molar-refractivity contribution >= 4 is 44.9 Å². The van der Waals surface area contributed by atoms with Crippen LogP contribution in [0.3, 0.4) is 0 Å². The van der Waals surface area contributed by atoms with Crippen LogP contribution in [0.15, 0.2) is 40.1 Å². The monoisotopic (exact) mass is 449 g/mol. The van der Waals surface area contributed by atoms with Gasteiger partial charge in [0, 0.05) is 34.2 Å². The van der Waals surface area contributed by atoms with E-state index in [1.54, 1.807) is 11.3 Å². The van der Waals surface area contributed by atoms with Crippen LogP contribution >= 0.6 is 23.1 Å². The molecule has 1 aromatic carbocycles. The molecule has 0 unspecified atom stereocenters. The summed E-state index contributed by atoms with van der Waals surface area (Å²) in [5, 5.41) is 22.8. The molecule has 7 nitrogen and oxygen atoms in total. The zero-order chi connectivity index (χ0) is 21.2. The number of para-hydroxylation sites is 1. The number of nitrogens with one attached hydrogen (secondary N) is 2. The first-order valence-corrected chi connectivity index (χ1v) is 11.9. The topological polar surface area (TPSA) is 108 Å². The Morgan fingerprint density at radius 3 is 3.06 bits per heavy atom. The molecule has 3 heterocycles. The number of anilines is 1. The number of rotatable bonds is 6. The van der Waals surface area contributed by atoms with Crippen molar-refractivity contribution in [3.05, 3.63) is 46.5 Å². The summed E-state index contributed by atoms with van der Waals surface area (Å²) in [7, 11) is 0. The van der Waals surface area contributed by atoms with E-state index in [1.165, 1.54) is 16.6 Å². The molecular weight excluding hydrogens is 430 g/mol. The summed E-state index contributed by atoms with van der Waals surface area (Å²) in [5.74, 6) is 0.847. The summed E-state index contributed by atoms with van der Waals surface area (Å²) in [6.45, 7) is 0. The molecule has 5 rings (SSSR count). The first kappa shape index (κ1) is 19.8. The fourth-order valence-corrected chi connectivity index (χ4v) is 5.77. The molecule has 0 spiro atoms. The number of H-pyrrole nitrogens is 1. The predicted octanol–water partition coefficient (Wildman–Crippen LogP) is 5.15. The maximum Gasteiger partial charge on any atom is 0.276 e. The van der Waals surface area contributed by atoms with E-state index in [-0.39, 0.29) is 5.91 Å². The van der Waals surface area contributed by atoms with Gasteiger partial charge in [0.15, 0.2) is 0 Å². The largest absolute Gasteiger partial charge is 0.411 e. The third-order valence-corrected chi connectivity index (χ3v) is 7.34. The van der Waals surface area contributed by atoms with Gasteiger partial charge >= 0.3 is 0 Å². The summed E-state index contributed by atoms with van der Waals surface area (Å²) < 4.78 is 5.78. The van der Waals surface area contributed by atoms with Crippen LogP contribution in [0.4, 0.5) is 5.00 Å². The van der Waals surface area contributed by atoms with E-state index in [4.69, 9.17) is 4.42 Å². The zero-order valence-corrected chi connectivity index (χ0v) is 18.2. The second-order valence-electron chi connectivity index (χ2n) is 7.29. The Kier molecular flexibility index (Phi) is 5.49. The predicted molar refractivity (Wildman–Crippen MR) is 121 cm³/mol. The lowest BCUT2D eigenvalue weighted by Gasteiger charge is -2.09. The number of nitrogens with zero attached hydrogens (tertiary/aromatic N) is 3. The Morgan fingerprint density at radius 2 is 2.16 bits per heavy atom. The number of benzene rings is 1. The molecule has 156 valence electrons. The Hall–Kier alpha value is -3.09. The lowest BCUT2D eigenvalue weighted by Crippen LogP contribution is -2.12. The van der Waals surface area contributed by atoms with Gasteiger partial charge in [0.25, 0.3) is 11.1 Å². The normalized spacial score (nSPS) is 13.1. The van der Waals surface area contributed by atoms with Crippen LogP contribution in [0.1, 0.15) is 35.3 Å². The third kappa shape index (κ3) is 3.96. The second-order valence-corrected chi connectivity index (χ2v) is 9.45. The third-order valence-electron chi connectivity index (χ3n) is 5.32. The van der Waals surface area contributed by atoms with Gasteiger partial charge in [-0.1, -0.05) is 30.0 Å². The number of hydrogen-bond acceptors (Lipinski definition) is 7. The van der Waals surface area contributed by atoms with Crippen LogP contribution in [-0.4, -0.2) is 26.8 Å². The van der Waals surface area contributed by atoms with E-state index >= 15 is 0 Å². The smallest absolute Gasteiger partial charge is 0.276 e. The highest BCUT2D eigenvalue weighted by molar-refractivity contribution is 7.99. The maximum atomic E-state index is 12.4. The van der Waals surface area contributed by atoms with Gasteiger partial charge < -0.3 is 14.7 Å². The number of nitriles is 1. The van der Waals surface area contributed by atoms with Crippen molar-refractivity contribution in [2.45, 2.75) is 37.3 Å². The molecule has 1 aliphatic carbocycles. The SMILES string of the molecule is N#Cc1c(NC(=O)CCSc2nnc(-c3c[nH]c4ccccc34)o2)sc2c1CCCC2. The van der Waals surface area contributed by atoms with Gasteiger partial charge in [-0.2, -0.15) is 5.26 Å². The molecule has 2 N–H and O–H groups in total. The van der Waals surface area contributed by atoms with Crippen LogP contribution < -0.4 is 5.32 Å². The minimum Gasteiger partial charge on any atom is -0.411 e. The summed E-state index contributed by atoms with van der Waals surface area (Å²) in [6.07, 6.45) is 6.32. The van der Waals surface area contributed by atoms with E-state index in [2.05, 4.69) is 26.6 Å². The van der Waals surface area contributed by atoms with Crippen molar-refractivity contribution in [3.8, 4) is 17.5 Å². The van der Waals surface area contributed by atoms with Crippen molar-refractivity contribution in [1.29, 1.82) is 5.26 Å². The van der Waals surface area contributed by atoms with E-state index < -0.39 is 0 Å². The number of aryl methyl sites for hydroxylation is 1. The molecule has 0 saturated carbocycles. The van der Waals surface area contributed by atoms with Gasteiger partial charge in [-0.05, 0) is 37.3 Å². The molecule has 0 saturated heterocycles. The number of amides is 1. The molecule has 0 radical (unpaired) electrons. The van der Waals surface area contributed by atoms with Crippen molar-refractivity contribution in [2.24, 2.45) is 0 Å². The fourth-order valence-electron chi connectivity index (χ4n) is 3.82. The molecule has 4 aromatic rings. The molecule has 0 fully saturated rings. The van der Waals surface area contributed by atoms with Crippen LogP contribution in [0, 0.1) is 11.3 Å². The van der Waals surface area contributed by atoms with Gasteiger partial charge in [-0.25, -0.2) is 0 Å². The Bertz CT molecular complexity index is 1300. The number of carbonyl (C=O) groups is 1. The second kappa shape index (κ2) is 8.57. The number of hydrogen-bond donors (Lipinski definition) is 2. The highest BCUT2D eigenvalue weighted by Gasteiger charge is 2.22. The zero-order valence-electron chi connectivity index (χ0n) is 16.6. The molecular formula is C22H19N5O2S2. The minimum atomic E-state index is -0.112. The lowest BCUT2D eigenvalue weighted by atomic mass is 9.96. The summed E-state index contributed by atoms with van der Waals surface area (Å²) in [5.41, 5.74) is 3.63. The van der Waals surface area contributed by atoms with E-state index in [1.807, 2.05) is 30.5 Å². The van der Waals surface area contributed by atoms with E-state index in [9.17, 15) is 10.1 Å². The van der Waals surface area contributed by atoms with Gasteiger partial charge in [0.1, 0.15) is 11.1 Å². The van der Waals surface area contributed by atoms with Crippen LogP contribution in [0.5, 0.6) is 0 Å². The van der Waals surface area contributed by atoms with Gasteiger partial charge in [-0.3, -0.25) is 4.79 Å². The number of fused-ring (bicyclic) bond motifs is 2. The van der Waals surface area contributed by atoms with Crippen LogP contribution in [0.2, 0.25) is 0 Å². The van der Waals surface area contributed by atoms with Crippen LogP contribution in [-0.2, 0) is 17.6 Å². The summed E-state index contributed by atoms with van der Waals surface area (Å²) in [6, 6.07) is 10.2. The standard InChI is InChI=1S/C22H19N5O2S2/c23-11-15-14-6-2-4-8-18(14)31-21(15)25-19(28)9-10-30-22-27-26-20(29-22)16-12-24-17-7-3-1-5-13(16)17/h1,3,5,7,12,24H,2,4,6,8-10H2,(H,25,28). The summed E-state index contributed by atoms with van der Waals surface area (Å²) >= 11 is 2.89. The number of carbonyl (C=O) groups excluding carboxylic acids is 1. The molecule has 1 amide bonds. The Morgan fingerprint density at radius 1 is 1.29 bits per heavy atom. The Balaban J connectivity index is 1.19. The van der Waals surface area contributed by atoms with Crippen molar-refractivity contribution < 1.29 is 9.21 Å². The average molecular weight is 450 g/mol. The Labute approximate surface area is 186 Å². The molecule has 0 bridgehead atoms. The molecule has 9 heteroatoms. The highest BCUT2D eigenvalue weighted by atomic mass is 32.2. The van der Waals surface area contributed by atoms with Gasteiger partial charge in [0.05, 0.1) is 11.1 Å². The maximum absolute atomic E-state index is 12.4. The van der Waals surface area contributed by atoms with E-state index in [0.717, 1.165) is 47.7 Å². The van der Waals surface area contributed by atoms with Crippen molar-refractivity contribution in [3.63, 3.8) is 0 Å². The molecule has 31 heavy (non-hydrogen) atoms. The first-order chi connectivity index (χ1) is 15.2. The summed E-state index contributed by atoms with van der Waals surface area (Å²) in [4.78, 5) is 16.9. The first-order valence-electron chi connectivity index (χ1n) is 10.1. The van der Waals surface area contributed by atoms with Gasteiger partial charge in [-0.15, -0.1) is 21.5 Å². The molecule has 3 aromatic heterocycles. The highest BCUT2D eigenvalue weighted by Crippen LogP contribution is 2.37. The van der Waals surface area contributed by atoms with E-state index in [0.29, 0.717) is 33.9 Å². The average Bonchev–Trinajstić information content (AvgIpc) is 3.49. The molecule has 0 atom stereocenters. The number of thioether (sulfide) groups is 1. The molecule has 0 aliphatic heterocycles. The molecule has 1 aliphatic rings. The quantitative estimate of drug-likeness (QED) is 0.394.